The summed E-state index contributed by atoms with van der Waals surface area (Å²) in [7, 11) is 1.57. The van der Waals surface area contributed by atoms with Gasteiger partial charge in [-0.1, -0.05) is 24.8 Å². The molecule has 2 aromatic heterocycles. The molecule has 3 aromatic rings. The summed E-state index contributed by atoms with van der Waals surface area (Å²) in [4.78, 5) is 32.8. The van der Waals surface area contributed by atoms with Gasteiger partial charge in [0, 0.05) is 0 Å². The van der Waals surface area contributed by atoms with Gasteiger partial charge in [-0.2, -0.15) is 0 Å². The third kappa shape index (κ3) is 4.44. The third-order valence-electron chi connectivity index (χ3n) is 4.26. The van der Waals surface area contributed by atoms with Gasteiger partial charge in [0.05, 0.1) is 19.1 Å². The highest BCUT2D eigenvalue weighted by molar-refractivity contribution is 7.20. The highest BCUT2D eigenvalue weighted by Gasteiger charge is 2.19. The number of aromatic amines is 1. The highest BCUT2D eigenvalue weighted by atomic mass is 32.1. The minimum Gasteiger partial charge on any atom is -0.493 e. The van der Waals surface area contributed by atoms with Crippen molar-refractivity contribution in [2.45, 2.75) is 13.8 Å². The van der Waals surface area contributed by atoms with Gasteiger partial charge in [-0.25, -0.2) is 9.78 Å². The third-order valence-corrected chi connectivity index (χ3v) is 5.42. The first-order valence-electron chi connectivity index (χ1n) is 9.28. The van der Waals surface area contributed by atoms with Gasteiger partial charge in [0.25, 0.3) is 5.56 Å². The Labute approximate surface area is 177 Å². The fourth-order valence-corrected chi connectivity index (χ4v) is 3.94. The van der Waals surface area contributed by atoms with Gasteiger partial charge in [-0.05, 0) is 43.2 Å². The molecule has 0 radical (unpaired) electrons. The SMILES string of the molecule is C=CCOc1ccc(/C=C/c2nc3sc(C(=O)OCC)c(C)c3c(=O)[nH]2)cc1OC. The Bertz CT molecular complexity index is 1180. The van der Waals surface area contributed by atoms with Crippen LogP contribution in [0.5, 0.6) is 11.5 Å². The van der Waals surface area contributed by atoms with Crippen molar-refractivity contribution in [3.05, 3.63) is 63.0 Å². The Hall–Kier alpha value is -3.39. The van der Waals surface area contributed by atoms with Gasteiger partial charge in [0.2, 0.25) is 0 Å². The second-order valence-corrected chi connectivity index (χ2v) is 7.25. The molecule has 0 fully saturated rings. The van der Waals surface area contributed by atoms with Crippen LogP contribution in [0.15, 0.2) is 35.6 Å². The number of thiophene rings is 1. The number of aryl methyl sites for hydroxylation is 1. The number of nitrogens with one attached hydrogen (secondary N) is 1. The van der Waals surface area contributed by atoms with E-state index < -0.39 is 5.97 Å². The van der Waals surface area contributed by atoms with Crippen LogP contribution >= 0.6 is 11.3 Å². The van der Waals surface area contributed by atoms with E-state index >= 15 is 0 Å². The molecule has 3 rings (SSSR count). The molecule has 1 N–H and O–H groups in total. The van der Waals surface area contributed by atoms with E-state index in [1.54, 1.807) is 45.3 Å². The summed E-state index contributed by atoms with van der Waals surface area (Å²) in [6.45, 7) is 7.74. The summed E-state index contributed by atoms with van der Waals surface area (Å²) in [6.07, 6.45) is 5.15. The molecule has 2 heterocycles. The summed E-state index contributed by atoms with van der Waals surface area (Å²) in [6, 6.07) is 5.48. The zero-order chi connectivity index (χ0) is 21.7. The number of methoxy groups -OCH3 is 1. The molecule has 0 aliphatic rings. The van der Waals surface area contributed by atoms with Crippen LogP contribution in [0.2, 0.25) is 0 Å². The van der Waals surface area contributed by atoms with Crippen molar-refractivity contribution in [2.75, 3.05) is 20.3 Å². The predicted molar refractivity (Wildman–Crippen MR) is 119 cm³/mol. The number of benzene rings is 1. The van der Waals surface area contributed by atoms with E-state index in [0.29, 0.717) is 44.6 Å². The van der Waals surface area contributed by atoms with Gasteiger partial charge in [-0.3, -0.25) is 4.79 Å². The van der Waals surface area contributed by atoms with E-state index in [4.69, 9.17) is 14.2 Å². The van der Waals surface area contributed by atoms with Gasteiger partial charge in [-0.15, -0.1) is 11.3 Å². The fraction of sp³-hybridized carbons (Fsp3) is 0.227. The lowest BCUT2D eigenvalue weighted by atomic mass is 10.2. The maximum absolute atomic E-state index is 12.6. The molecular weight excluding hydrogens is 404 g/mol. The van der Waals surface area contributed by atoms with Crippen LogP contribution in [0.4, 0.5) is 0 Å². The predicted octanol–water partition coefficient (Wildman–Crippen LogP) is 4.21. The van der Waals surface area contributed by atoms with Crippen LogP contribution in [0.3, 0.4) is 0 Å². The first-order valence-corrected chi connectivity index (χ1v) is 10.1. The molecule has 0 bridgehead atoms. The van der Waals surface area contributed by atoms with Crippen LogP contribution in [0.1, 0.15) is 33.5 Å². The molecule has 7 nitrogen and oxygen atoms in total. The number of hydrogen-bond donors (Lipinski definition) is 1. The molecule has 0 saturated carbocycles. The molecular formula is C22H22N2O5S. The maximum Gasteiger partial charge on any atom is 0.348 e. The second-order valence-electron chi connectivity index (χ2n) is 6.25. The Morgan fingerprint density at radius 2 is 2.10 bits per heavy atom. The summed E-state index contributed by atoms with van der Waals surface area (Å²) in [5, 5.41) is 0.408. The van der Waals surface area contributed by atoms with E-state index in [2.05, 4.69) is 16.5 Å². The van der Waals surface area contributed by atoms with E-state index in [-0.39, 0.29) is 12.2 Å². The number of hydrogen-bond acceptors (Lipinski definition) is 7. The van der Waals surface area contributed by atoms with E-state index in [0.717, 1.165) is 16.9 Å². The maximum atomic E-state index is 12.6. The molecule has 0 aliphatic heterocycles. The van der Waals surface area contributed by atoms with Crippen LogP contribution in [0, 0.1) is 6.92 Å². The number of nitrogens with zero attached hydrogens (tertiary/aromatic N) is 1. The fourth-order valence-electron chi connectivity index (χ4n) is 2.86. The highest BCUT2D eigenvalue weighted by Crippen LogP contribution is 2.29. The summed E-state index contributed by atoms with van der Waals surface area (Å²) < 4.78 is 16.0. The lowest BCUT2D eigenvalue weighted by molar-refractivity contribution is 0.0531. The number of fused-ring (bicyclic) bond motifs is 1. The molecule has 8 heteroatoms. The van der Waals surface area contributed by atoms with Crippen molar-refractivity contribution in [1.29, 1.82) is 0 Å². The number of H-pyrrole nitrogens is 1. The van der Waals surface area contributed by atoms with E-state index in [9.17, 15) is 9.59 Å². The number of esters is 1. The van der Waals surface area contributed by atoms with Crippen molar-refractivity contribution < 1.29 is 19.0 Å². The van der Waals surface area contributed by atoms with Crippen molar-refractivity contribution in [3.63, 3.8) is 0 Å². The molecule has 0 saturated heterocycles. The number of carbonyl (C=O) groups is 1. The molecule has 30 heavy (non-hydrogen) atoms. The Morgan fingerprint density at radius 1 is 1.30 bits per heavy atom. The lowest BCUT2D eigenvalue weighted by Crippen LogP contribution is -2.10. The normalized spacial score (nSPS) is 11.0. The van der Waals surface area contributed by atoms with Crippen molar-refractivity contribution >= 4 is 39.7 Å². The van der Waals surface area contributed by atoms with Gasteiger partial charge in [0.15, 0.2) is 11.5 Å². The molecule has 0 unspecified atom stereocenters. The number of rotatable bonds is 8. The first-order chi connectivity index (χ1) is 14.5. The van der Waals surface area contributed by atoms with Crippen molar-refractivity contribution in [3.8, 4) is 11.5 Å². The lowest BCUT2D eigenvalue weighted by Gasteiger charge is -2.09. The number of ether oxygens (including phenoxy) is 3. The van der Waals surface area contributed by atoms with E-state index in [1.165, 1.54) is 0 Å². The second kappa shape index (κ2) is 9.41. The molecule has 0 spiro atoms. The topological polar surface area (TPSA) is 90.5 Å². The quantitative estimate of drug-likeness (QED) is 0.429. The standard InChI is InChI=1S/C22H22N2O5S/c1-5-11-29-15-9-7-14(12-16(15)27-4)8-10-17-23-20(25)18-13(3)19(22(26)28-6-2)30-21(18)24-17/h5,7-10,12H,1,6,11H2,2-4H3,(H,23,24,25)/b10-8+. The van der Waals surface area contributed by atoms with E-state index in [1.807, 2.05) is 12.1 Å². The molecule has 0 atom stereocenters. The Morgan fingerprint density at radius 3 is 2.80 bits per heavy atom. The van der Waals surface area contributed by atoms with Crippen LogP contribution < -0.4 is 15.0 Å². The number of carbonyl (C=O) groups excluding carboxylic acids is 1. The van der Waals surface area contributed by atoms with Crippen molar-refractivity contribution in [1.82, 2.24) is 9.97 Å². The monoisotopic (exact) mass is 426 g/mol. The average Bonchev–Trinajstić information content (AvgIpc) is 3.08. The largest absolute Gasteiger partial charge is 0.493 e. The van der Waals surface area contributed by atoms with Crippen molar-refractivity contribution in [2.24, 2.45) is 0 Å². The summed E-state index contributed by atoms with van der Waals surface area (Å²) in [5.74, 6) is 1.14. The summed E-state index contributed by atoms with van der Waals surface area (Å²) in [5.41, 5.74) is 1.13. The van der Waals surface area contributed by atoms with Crippen LogP contribution in [-0.4, -0.2) is 36.3 Å². The smallest absolute Gasteiger partial charge is 0.348 e. The number of aromatic nitrogens is 2. The van der Waals surface area contributed by atoms with Gasteiger partial charge in [0.1, 0.15) is 22.1 Å². The summed E-state index contributed by atoms with van der Waals surface area (Å²) >= 11 is 1.15. The Kier molecular flexibility index (Phi) is 6.68. The molecule has 1 aromatic carbocycles. The van der Waals surface area contributed by atoms with Crippen LogP contribution in [-0.2, 0) is 4.74 Å². The zero-order valence-electron chi connectivity index (χ0n) is 17.0. The average molecular weight is 426 g/mol. The molecule has 156 valence electrons. The van der Waals surface area contributed by atoms with Gasteiger partial charge >= 0.3 is 5.97 Å². The van der Waals surface area contributed by atoms with Gasteiger partial charge < -0.3 is 19.2 Å². The minimum atomic E-state index is -0.444. The minimum absolute atomic E-state index is 0.269. The Balaban J connectivity index is 1.92. The van der Waals surface area contributed by atoms with Crippen LogP contribution in [0.25, 0.3) is 22.4 Å². The first kappa shape index (κ1) is 21.3. The molecule has 0 aliphatic carbocycles. The zero-order valence-corrected chi connectivity index (χ0v) is 17.8. The molecule has 0 amide bonds.